The Labute approximate surface area is 72.8 Å². The summed E-state index contributed by atoms with van der Waals surface area (Å²) in [6.45, 7) is 1.52. The van der Waals surface area contributed by atoms with E-state index in [0.29, 0.717) is 0 Å². The molecule has 1 rings (SSSR count). The number of amides is 2. The molecule has 0 aliphatic carbocycles. The molecule has 0 saturated heterocycles. The summed E-state index contributed by atoms with van der Waals surface area (Å²) < 4.78 is 12.5. The lowest BCUT2D eigenvalue weighted by Crippen LogP contribution is -2.47. The number of hydrogen-bond acceptors (Lipinski definition) is 2. The number of nitrogens with zero attached hydrogens (tertiary/aromatic N) is 1. The summed E-state index contributed by atoms with van der Waals surface area (Å²) in [4.78, 5) is 24.6. The Bertz CT molecular complexity index is 264. The molecule has 0 aromatic heterocycles. The van der Waals surface area contributed by atoms with Crippen LogP contribution < -0.4 is 5.32 Å². The van der Waals surface area contributed by atoms with Gasteiger partial charge in [-0.15, -0.1) is 11.6 Å². The third-order valence-electron chi connectivity index (χ3n) is 1.31. The maximum atomic E-state index is 12.5. The van der Waals surface area contributed by atoms with E-state index in [0.717, 1.165) is 0 Å². The minimum absolute atomic E-state index is 0.000525. The number of nitrogens with one attached hydrogen (secondary N) is 1. The highest BCUT2D eigenvalue weighted by Crippen LogP contribution is 2.05. The van der Waals surface area contributed by atoms with Crippen LogP contribution in [-0.4, -0.2) is 29.2 Å². The van der Waals surface area contributed by atoms with Crippen LogP contribution in [0, 0.1) is 0 Å². The summed E-state index contributed by atoms with van der Waals surface area (Å²) in [6, 6.07) is 0. The first-order valence-electron chi connectivity index (χ1n) is 3.24. The van der Waals surface area contributed by atoms with Crippen molar-refractivity contribution in [3.05, 3.63) is 0 Å². The lowest BCUT2D eigenvalue weighted by atomic mass is 10.2. The van der Waals surface area contributed by atoms with Crippen molar-refractivity contribution >= 4 is 29.3 Å². The lowest BCUT2D eigenvalue weighted by Gasteiger charge is -2.15. The van der Waals surface area contributed by atoms with Gasteiger partial charge in [-0.1, -0.05) is 0 Å². The van der Waals surface area contributed by atoms with Crippen molar-refractivity contribution in [1.82, 2.24) is 5.32 Å². The molecule has 1 aliphatic rings. The fraction of sp³-hybridized carbons (Fsp3) is 0.500. The van der Waals surface area contributed by atoms with E-state index < -0.39 is 23.4 Å². The van der Waals surface area contributed by atoms with Crippen LogP contribution in [-0.2, 0) is 9.59 Å². The molecule has 0 aromatic rings. The molecule has 0 bridgehead atoms. The van der Waals surface area contributed by atoms with Gasteiger partial charge in [0.05, 0.1) is 5.38 Å². The molecule has 0 aromatic carbocycles. The van der Waals surface area contributed by atoms with Gasteiger partial charge >= 0.3 is 0 Å². The van der Waals surface area contributed by atoms with Gasteiger partial charge in [-0.2, -0.15) is 4.99 Å². The third kappa shape index (κ3) is 1.61. The second-order valence-corrected chi connectivity index (χ2v) is 2.96. The fourth-order valence-electron chi connectivity index (χ4n) is 0.693. The highest BCUT2D eigenvalue weighted by atomic mass is 35.5. The summed E-state index contributed by atoms with van der Waals surface area (Å²) in [6.07, 6.45) is -2.19. The zero-order valence-electron chi connectivity index (χ0n) is 6.17. The van der Waals surface area contributed by atoms with E-state index >= 15 is 0 Å². The van der Waals surface area contributed by atoms with Crippen molar-refractivity contribution in [3.8, 4) is 0 Å². The number of carbonyl (C=O) groups excluding carboxylic acids is 2. The molecule has 0 saturated carbocycles. The minimum atomic E-state index is -2.19. The number of aliphatic imine (C=N–C) groups is 1. The van der Waals surface area contributed by atoms with E-state index in [2.05, 4.69) is 10.3 Å². The average Bonchev–Trinajstić information content (AvgIpc) is 1.99. The van der Waals surface area contributed by atoms with Crippen LogP contribution in [0.4, 0.5) is 4.39 Å². The number of hydrogen-bond donors (Lipinski definition) is 1. The standard InChI is InChI=1S/C6H6ClFN2O2/c1-2(7)4-9-5(11)3(8)6(12)10-4/h2-3H,1H3,(H,9,10,11,12). The molecule has 0 fully saturated rings. The Hall–Kier alpha value is -0.970. The molecule has 2 atom stereocenters. The smallest absolute Gasteiger partial charge is 0.291 e. The van der Waals surface area contributed by atoms with Crippen molar-refractivity contribution in [2.75, 3.05) is 0 Å². The number of rotatable bonds is 1. The van der Waals surface area contributed by atoms with Crippen molar-refractivity contribution in [2.24, 2.45) is 4.99 Å². The van der Waals surface area contributed by atoms with Gasteiger partial charge in [-0.3, -0.25) is 9.59 Å². The van der Waals surface area contributed by atoms with E-state index in [4.69, 9.17) is 11.6 Å². The topological polar surface area (TPSA) is 58.5 Å². The SMILES string of the molecule is CC(Cl)C1=NC(=O)C(F)C(=O)N1. The zero-order valence-corrected chi connectivity index (χ0v) is 6.93. The van der Waals surface area contributed by atoms with Crippen molar-refractivity contribution < 1.29 is 14.0 Å². The molecule has 66 valence electrons. The molecule has 2 unspecified atom stereocenters. The quantitative estimate of drug-likeness (QED) is 0.470. The Kier molecular flexibility index (Phi) is 2.42. The fourth-order valence-corrected chi connectivity index (χ4v) is 0.797. The highest BCUT2D eigenvalue weighted by molar-refractivity contribution is 6.35. The van der Waals surface area contributed by atoms with Crippen molar-refractivity contribution in [1.29, 1.82) is 0 Å². The molecule has 0 spiro atoms. The summed E-state index contributed by atoms with van der Waals surface area (Å²) in [5.74, 6) is -2.10. The van der Waals surface area contributed by atoms with Crippen LogP contribution in [0.3, 0.4) is 0 Å². The summed E-state index contributed by atoms with van der Waals surface area (Å²) in [7, 11) is 0. The average molecular weight is 193 g/mol. The van der Waals surface area contributed by atoms with E-state index in [9.17, 15) is 14.0 Å². The predicted molar refractivity (Wildman–Crippen MR) is 40.8 cm³/mol. The predicted octanol–water partition coefficient (Wildman–Crippen LogP) is 0.00670. The molecular formula is C6H6ClFN2O2. The largest absolute Gasteiger partial charge is 0.310 e. The van der Waals surface area contributed by atoms with E-state index in [-0.39, 0.29) is 5.84 Å². The Morgan fingerprint density at radius 3 is 2.67 bits per heavy atom. The van der Waals surface area contributed by atoms with Crippen LogP contribution in [0.5, 0.6) is 0 Å². The summed E-state index contributed by atoms with van der Waals surface area (Å²) in [5.41, 5.74) is 0. The Balaban J connectivity index is 2.89. The number of halogens is 2. The first-order valence-corrected chi connectivity index (χ1v) is 3.67. The van der Waals surface area contributed by atoms with Crippen molar-refractivity contribution in [3.63, 3.8) is 0 Å². The molecule has 1 aliphatic heterocycles. The van der Waals surface area contributed by atoms with Gasteiger partial charge < -0.3 is 5.32 Å². The van der Waals surface area contributed by atoms with Gasteiger partial charge in [-0.25, -0.2) is 4.39 Å². The van der Waals surface area contributed by atoms with Gasteiger partial charge in [0.25, 0.3) is 18.0 Å². The molecule has 4 nitrogen and oxygen atoms in total. The van der Waals surface area contributed by atoms with Gasteiger partial charge in [0.2, 0.25) is 0 Å². The molecule has 0 radical (unpaired) electrons. The lowest BCUT2D eigenvalue weighted by molar-refractivity contribution is -0.134. The van der Waals surface area contributed by atoms with E-state index in [1.54, 1.807) is 0 Å². The van der Waals surface area contributed by atoms with Gasteiger partial charge in [0.1, 0.15) is 5.84 Å². The number of carbonyl (C=O) groups is 2. The van der Waals surface area contributed by atoms with Gasteiger partial charge in [0, 0.05) is 0 Å². The maximum Gasteiger partial charge on any atom is 0.291 e. The molecule has 2 amide bonds. The Morgan fingerprint density at radius 2 is 2.25 bits per heavy atom. The monoisotopic (exact) mass is 192 g/mol. The normalized spacial score (nSPS) is 26.2. The van der Waals surface area contributed by atoms with Crippen LogP contribution in [0.2, 0.25) is 0 Å². The van der Waals surface area contributed by atoms with Crippen LogP contribution in [0.15, 0.2) is 4.99 Å². The third-order valence-corrected chi connectivity index (χ3v) is 1.51. The van der Waals surface area contributed by atoms with Crippen LogP contribution in [0.1, 0.15) is 6.92 Å². The summed E-state index contributed by atoms with van der Waals surface area (Å²) in [5, 5.41) is 1.47. The molecule has 1 N–H and O–H groups in total. The first-order chi connectivity index (χ1) is 5.52. The van der Waals surface area contributed by atoms with E-state index in [1.807, 2.05) is 0 Å². The second kappa shape index (κ2) is 3.18. The Morgan fingerprint density at radius 1 is 1.67 bits per heavy atom. The maximum absolute atomic E-state index is 12.5. The summed E-state index contributed by atoms with van der Waals surface area (Å²) >= 11 is 5.51. The van der Waals surface area contributed by atoms with Crippen LogP contribution in [0.25, 0.3) is 0 Å². The van der Waals surface area contributed by atoms with Crippen molar-refractivity contribution in [2.45, 2.75) is 18.5 Å². The molecule has 6 heteroatoms. The van der Waals surface area contributed by atoms with Gasteiger partial charge in [-0.05, 0) is 6.92 Å². The molecular weight excluding hydrogens is 187 g/mol. The number of alkyl halides is 2. The highest BCUT2D eigenvalue weighted by Gasteiger charge is 2.32. The molecule has 12 heavy (non-hydrogen) atoms. The van der Waals surface area contributed by atoms with Gasteiger partial charge in [0.15, 0.2) is 0 Å². The minimum Gasteiger partial charge on any atom is -0.310 e. The zero-order chi connectivity index (χ0) is 9.30. The first kappa shape index (κ1) is 9.12. The number of amidine groups is 1. The van der Waals surface area contributed by atoms with Crippen LogP contribution >= 0.6 is 11.6 Å². The molecule has 1 heterocycles. The second-order valence-electron chi connectivity index (χ2n) is 2.30. The van der Waals surface area contributed by atoms with E-state index in [1.165, 1.54) is 6.92 Å².